The maximum Gasteiger partial charge on any atom is 0.397 e. The standard InChI is InChI=1S/C36H71NO12S/c1-3-5-7-8-9-10-11-12-13-14-15-16-17-18-19-20-21-23-25-30(40)35(43)37-28(29(39)24-22-6-4-2)27-47-36-33(42)34(49-50(44,45)46)32(41)31(26-38)48-36/h28-34,36,38-42H,3-27H2,1-2H3,(H,37,43)(H,44,45,46). The molecule has 0 bridgehead atoms. The summed E-state index contributed by atoms with van der Waals surface area (Å²) >= 11 is 0. The number of ether oxygens (including phenoxy) is 2. The predicted octanol–water partition coefficient (Wildman–Crippen LogP) is 4.85. The highest BCUT2D eigenvalue weighted by molar-refractivity contribution is 7.80. The molecule has 1 aliphatic heterocycles. The van der Waals surface area contributed by atoms with Crippen molar-refractivity contribution in [2.75, 3.05) is 13.2 Å². The Kier molecular flexibility index (Phi) is 26.9. The Morgan fingerprint density at radius 1 is 0.720 bits per heavy atom. The van der Waals surface area contributed by atoms with Crippen molar-refractivity contribution in [1.82, 2.24) is 5.32 Å². The molecule has 1 amide bonds. The van der Waals surface area contributed by atoms with Gasteiger partial charge in [0.2, 0.25) is 5.91 Å². The maximum absolute atomic E-state index is 12.9. The number of unbranched alkanes of at least 4 members (excludes halogenated alkanes) is 19. The first-order valence-electron chi connectivity index (χ1n) is 19.5. The Bertz CT molecular complexity index is 942. The first-order valence-corrected chi connectivity index (χ1v) is 20.9. The average Bonchev–Trinajstić information content (AvgIpc) is 3.08. The predicted molar refractivity (Wildman–Crippen MR) is 192 cm³/mol. The summed E-state index contributed by atoms with van der Waals surface area (Å²) in [7, 11) is -5.09. The smallest absolute Gasteiger partial charge is 0.394 e. The van der Waals surface area contributed by atoms with Crippen molar-refractivity contribution in [3.8, 4) is 0 Å². The second kappa shape index (κ2) is 28.5. The van der Waals surface area contributed by atoms with E-state index in [2.05, 4.69) is 16.4 Å². The van der Waals surface area contributed by atoms with Gasteiger partial charge in [-0.15, -0.1) is 0 Å². The van der Waals surface area contributed by atoms with E-state index in [-0.39, 0.29) is 6.42 Å². The number of amides is 1. The summed E-state index contributed by atoms with van der Waals surface area (Å²) in [5.74, 6) is -0.679. The summed E-state index contributed by atoms with van der Waals surface area (Å²) < 4.78 is 46.9. The Hall–Kier alpha value is -0.940. The first-order chi connectivity index (χ1) is 23.9. The number of carbonyl (C=O) groups is 1. The molecule has 1 saturated heterocycles. The van der Waals surface area contributed by atoms with Crippen LogP contribution in [-0.4, -0.2) is 107 Å². The van der Waals surface area contributed by atoms with Crippen LogP contribution in [0.2, 0.25) is 0 Å². The molecule has 0 aromatic carbocycles. The van der Waals surface area contributed by atoms with Crippen LogP contribution in [-0.2, 0) is 28.9 Å². The van der Waals surface area contributed by atoms with Crippen LogP contribution in [0.4, 0.5) is 0 Å². The monoisotopic (exact) mass is 741 g/mol. The van der Waals surface area contributed by atoms with E-state index in [9.17, 15) is 38.7 Å². The quantitative estimate of drug-likeness (QED) is 0.0364. The van der Waals surface area contributed by atoms with Crippen molar-refractivity contribution in [3.63, 3.8) is 0 Å². The molecule has 8 atom stereocenters. The molecular weight excluding hydrogens is 670 g/mol. The van der Waals surface area contributed by atoms with Gasteiger partial charge >= 0.3 is 10.4 Å². The Labute approximate surface area is 301 Å². The third-order valence-corrected chi connectivity index (χ3v) is 9.99. The molecule has 0 aromatic heterocycles. The zero-order valence-electron chi connectivity index (χ0n) is 30.8. The van der Waals surface area contributed by atoms with Gasteiger partial charge < -0.3 is 40.3 Å². The second-order valence-corrected chi connectivity index (χ2v) is 15.1. The van der Waals surface area contributed by atoms with Crippen molar-refractivity contribution < 1.29 is 57.0 Å². The van der Waals surface area contributed by atoms with Crippen molar-refractivity contribution >= 4 is 16.3 Å². The summed E-state index contributed by atoms with van der Waals surface area (Å²) in [4.78, 5) is 12.9. The number of hydrogen-bond donors (Lipinski definition) is 7. The lowest BCUT2D eigenvalue weighted by molar-refractivity contribution is -0.298. The summed E-state index contributed by atoms with van der Waals surface area (Å²) in [6.45, 7) is 3.05. The van der Waals surface area contributed by atoms with Crippen molar-refractivity contribution in [2.24, 2.45) is 0 Å². The number of aliphatic hydroxyl groups excluding tert-OH is 5. The minimum atomic E-state index is -5.09. The van der Waals surface area contributed by atoms with E-state index >= 15 is 0 Å². The van der Waals surface area contributed by atoms with Gasteiger partial charge in [-0.05, 0) is 12.8 Å². The highest BCUT2D eigenvalue weighted by Crippen LogP contribution is 2.26. The van der Waals surface area contributed by atoms with Crippen LogP contribution >= 0.6 is 0 Å². The van der Waals surface area contributed by atoms with Gasteiger partial charge in [-0.1, -0.05) is 149 Å². The van der Waals surface area contributed by atoms with Crippen LogP contribution in [0, 0.1) is 0 Å². The number of nitrogens with one attached hydrogen (secondary N) is 1. The molecule has 1 rings (SSSR count). The normalized spacial score (nSPS) is 23.1. The van der Waals surface area contributed by atoms with E-state index in [4.69, 9.17) is 14.0 Å². The molecule has 0 saturated carbocycles. The zero-order chi connectivity index (χ0) is 37.2. The molecule has 0 spiro atoms. The Balaban J connectivity index is 2.39. The molecule has 0 aliphatic carbocycles. The molecule has 1 heterocycles. The van der Waals surface area contributed by atoms with Gasteiger partial charge in [-0.2, -0.15) is 8.42 Å². The van der Waals surface area contributed by atoms with Gasteiger partial charge in [0.25, 0.3) is 0 Å². The largest absolute Gasteiger partial charge is 0.397 e. The van der Waals surface area contributed by atoms with E-state index in [1.54, 1.807) is 0 Å². The Morgan fingerprint density at radius 3 is 1.62 bits per heavy atom. The molecular formula is C36H71NO12S. The first kappa shape index (κ1) is 47.1. The van der Waals surface area contributed by atoms with Crippen molar-refractivity contribution in [2.45, 2.75) is 210 Å². The van der Waals surface area contributed by atoms with E-state index in [1.165, 1.54) is 89.9 Å². The lowest BCUT2D eigenvalue weighted by atomic mass is 9.99. The third kappa shape index (κ3) is 21.6. The highest BCUT2D eigenvalue weighted by atomic mass is 32.3. The topological polar surface area (TPSA) is 212 Å². The van der Waals surface area contributed by atoms with Gasteiger partial charge in [-0.25, -0.2) is 4.18 Å². The molecule has 0 radical (unpaired) electrons. The summed E-state index contributed by atoms with van der Waals surface area (Å²) in [5.41, 5.74) is 0. The van der Waals surface area contributed by atoms with E-state index in [0.29, 0.717) is 19.3 Å². The average molecular weight is 742 g/mol. The fourth-order valence-corrected chi connectivity index (χ4v) is 6.85. The van der Waals surface area contributed by atoms with Crippen LogP contribution in [0.15, 0.2) is 0 Å². The highest BCUT2D eigenvalue weighted by Gasteiger charge is 2.48. The Morgan fingerprint density at radius 2 is 1.16 bits per heavy atom. The second-order valence-electron chi connectivity index (χ2n) is 14.0. The van der Waals surface area contributed by atoms with Gasteiger partial charge in [0.15, 0.2) is 6.29 Å². The molecule has 0 aromatic rings. The molecule has 1 aliphatic rings. The van der Waals surface area contributed by atoms with Crippen LogP contribution in [0.5, 0.6) is 0 Å². The molecule has 298 valence electrons. The number of carbonyl (C=O) groups excluding carboxylic acids is 1. The van der Waals surface area contributed by atoms with E-state index in [1.807, 2.05) is 6.92 Å². The number of aliphatic hydroxyl groups is 5. The molecule has 1 fully saturated rings. The minimum absolute atomic E-state index is 0.263. The van der Waals surface area contributed by atoms with E-state index in [0.717, 1.165) is 32.1 Å². The molecule has 14 heteroatoms. The molecule has 8 unspecified atom stereocenters. The lowest BCUT2D eigenvalue weighted by Crippen LogP contribution is -2.61. The zero-order valence-corrected chi connectivity index (χ0v) is 31.7. The van der Waals surface area contributed by atoms with Crippen LogP contribution in [0.1, 0.15) is 162 Å². The maximum atomic E-state index is 12.9. The van der Waals surface area contributed by atoms with Gasteiger partial charge in [0.05, 0.1) is 25.4 Å². The summed E-state index contributed by atoms with van der Waals surface area (Å²) in [6, 6.07) is -1.02. The molecule has 13 nitrogen and oxygen atoms in total. The summed E-state index contributed by atoms with van der Waals surface area (Å²) in [6.07, 6.45) is 14.3. The number of hydrogen-bond acceptors (Lipinski definition) is 11. The fourth-order valence-electron chi connectivity index (χ4n) is 6.35. The third-order valence-electron chi connectivity index (χ3n) is 9.52. The van der Waals surface area contributed by atoms with Crippen LogP contribution < -0.4 is 5.32 Å². The SMILES string of the molecule is CCCCCCCCCCCCCCCCCCCCC(O)C(=O)NC(COC1OC(CO)C(O)C(OS(=O)(=O)O)C1O)C(O)CCCCC. The fraction of sp³-hybridized carbons (Fsp3) is 0.972. The van der Waals surface area contributed by atoms with Gasteiger partial charge in [-0.3, -0.25) is 9.35 Å². The van der Waals surface area contributed by atoms with E-state index < -0.39 is 78.5 Å². The van der Waals surface area contributed by atoms with Crippen LogP contribution in [0.25, 0.3) is 0 Å². The molecule has 50 heavy (non-hydrogen) atoms. The van der Waals surface area contributed by atoms with Crippen molar-refractivity contribution in [1.29, 1.82) is 0 Å². The van der Waals surface area contributed by atoms with Gasteiger partial charge in [0.1, 0.15) is 30.5 Å². The molecule has 7 N–H and O–H groups in total. The van der Waals surface area contributed by atoms with Crippen molar-refractivity contribution in [3.05, 3.63) is 0 Å². The van der Waals surface area contributed by atoms with Gasteiger partial charge in [0, 0.05) is 0 Å². The summed E-state index contributed by atoms with van der Waals surface area (Å²) in [5, 5.41) is 54.4. The number of rotatable bonds is 32. The lowest BCUT2D eigenvalue weighted by Gasteiger charge is -2.41. The van der Waals surface area contributed by atoms with Crippen LogP contribution in [0.3, 0.4) is 0 Å². The minimum Gasteiger partial charge on any atom is -0.394 e.